The Morgan fingerprint density at radius 2 is 0.974 bits per heavy atom. The number of carbonyl (C=O) groups is 5. The van der Waals surface area contributed by atoms with Crippen molar-refractivity contribution >= 4 is 41.6 Å². The zero-order chi connectivity index (χ0) is 27.9. The highest BCUT2D eigenvalue weighted by Gasteiger charge is 2.43. The van der Waals surface area contributed by atoms with Crippen molar-refractivity contribution < 1.29 is 33.6 Å². The summed E-state index contributed by atoms with van der Waals surface area (Å²) in [5.74, 6) is -3.92. The van der Waals surface area contributed by atoms with Crippen LogP contribution in [0.2, 0.25) is 0 Å². The van der Waals surface area contributed by atoms with Gasteiger partial charge in [-0.3, -0.25) is 24.0 Å². The minimum atomic E-state index is -1.04. The number of hydrogen-bond donors (Lipinski definition) is 0. The first-order chi connectivity index (χ1) is 18.0. The van der Waals surface area contributed by atoms with E-state index in [1.807, 2.05) is 0 Å². The van der Waals surface area contributed by atoms with Crippen molar-refractivity contribution in [2.24, 2.45) is 21.8 Å². The lowest BCUT2D eigenvalue weighted by Crippen LogP contribution is -2.41. The lowest BCUT2D eigenvalue weighted by molar-refractivity contribution is 0.0534. The summed E-state index contributed by atoms with van der Waals surface area (Å²) in [5.41, 5.74) is 0.255. The lowest BCUT2D eigenvalue weighted by atomic mass is 9.96. The molecule has 11 heteroatoms. The molecule has 0 saturated heterocycles. The molecule has 11 nitrogen and oxygen atoms in total. The maximum atomic E-state index is 13.3. The largest absolute Gasteiger partial charge is 0.289 e. The Labute approximate surface area is 216 Å². The van der Waals surface area contributed by atoms with Gasteiger partial charge >= 0.3 is 0 Å². The van der Waals surface area contributed by atoms with E-state index in [2.05, 4.69) is 9.98 Å². The minimum Gasteiger partial charge on any atom is -0.289 e. The summed E-state index contributed by atoms with van der Waals surface area (Å²) in [6.45, 7) is 6.78. The van der Waals surface area contributed by atoms with Crippen molar-refractivity contribution in [2.75, 3.05) is 0 Å². The first-order valence-corrected chi connectivity index (χ1v) is 11.8. The third kappa shape index (κ3) is 4.10. The second-order valence-corrected chi connectivity index (χ2v) is 9.57. The standard InChI is InChI=1S/C27H22N4O7/c1-13(2)22(28-11-32)30-24(35)17-7-5-15(9-19(17)26(30)37)21(34)16-6-8-18-20(10-16)27(38)31(25(18)36)23(14(3)4)29-12-33/h5-10,13-14,22-23H,1-4H3/t22-,23-/m1/s1. The van der Waals surface area contributed by atoms with Gasteiger partial charge in [-0.15, -0.1) is 0 Å². The molecular formula is C27H22N4O7. The number of nitrogens with zero attached hydrogens (tertiary/aromatic N) is 4. The molecule has 0 spiro atoms. The second kappa shape index (κ2) is 9.89. The fourth-order valence-corrected chi connectivity index (χ4v) is 4.57. The molecule has 4 rings (SSSR count). The summed E-state index contributed by atoms with van der Waals surface area (Å²) in [4.78, 5) is 95.8. The molecule has 38 heavy (non-hydrogen) atoms. The Hall–Kier alpha value is -4.85. The molecule has 2 aliphatic rings. The van der Waals surface area contributed by atoms with E-state index >= 15 is 0 Å². The van der Waals surface area contributed by atoms with Gasteiger partial charge in [0, 0.05) is 11.1 Å². The van der Waals surface area contributed by atoms with Crippen molar-refractivity contribution in [3.8, 4) is 0 Å². The maximum Gasteiger partial charge on any atom is 0.263 e. The van der Waals surface area contributed by atoms with E-state index in [-0.39, 0.29) is 45.2 Å². The predicted octanol–water partition coefficient (Wildman–Crippen LogP) is 2.75. The molecule has 2 aromatic carbocycles. The van der Waals surface area contributed by atoms with Crippen LogP contribution >= 0.6 is 0 Å². The van der Waals surface area contributed by atoms with Crippen LogP contribution in [0.15, 0.2) is 46.4 Å². The predicted molar refractivity (Wildman–Crippen MR) is 131 cm³/mol. The van der Waals surface area contributed by atoms with E-state index < -0.39 is 41.7 Å². The molecule has 192 valence electrons. The quantitative estimate of drug-likeness (QED) is 0.227. The van der Waals surface area contributed by atoms with Crippen LogP contribution in [0.5, 0.6) is 0 Å². The topological polar surface area (TPSA) is 151 Å². The second-order valence-electron chi connectivity index (χ2n) is 9.57. The molecule has 2 atom stereocenters. The van der Waals surface area contributed by atoms with Crippen LogP contribution in [-0.4, -0.2) is 63.7 Å². The fraction of sp³-hybridized carbons (Fsp3) is 0.296. The summed E-state index contributed by atoms with van der Waals surface area (Å²) in [7, 11) is 0. The van der Waals surface area contributed by atoms with Gasteiger partial charge in [0.1, 0.15) is 12.3 Å². The van der Waals surface area contributed by atoms with Crippen LogP contribution in [-0.2, 0) is 9.59 Å². The van der Waals surface area contributed by atoms with E-state index in [1.165, 1.54) is 48.6 Å². The number of fused-ring (bicyclic) bond motifs is 2. The van der Waals surface area contributed by atoms with Crippen LogP contribution in [0.1, 0.15) is 85.0 Å². The Balaban J connectivity index is 1.68. The lowest BCUT2D eigenvalue weighted by Gasteiger charge is -2.24. The van der Waals surface area contributed by atoms with Gasteiger partial charge in [-0.2, -0.15) is 9.98 Å². The van der Waals surface area contributed by atoms with Crippen molar-refractivity contribution in [3.05, 3.63) is 69.8 Å². The Bertz CT molecular complexity index is 1400. The Kier molecular flexibility index (Phi) is 6.83. The average Bonchev–Trinajstić information content (AvgIpc) is 3.28. The fourth-order valence-electron chi connectivity index (χ4n) is 4.57. The van der Waals surface area contributed by atoms with Crippen LogP contribution in [0.25, 0.3) is 0 Å². The Morgan fingerprint density at radius 3 is 1.29 bits per heavy atom. The van der Waals surface area contributed by atoms with Gasteiger partial charge in [-0.25, -0.2) is 19.4 Å². The van der Waals surface area contributed by atoms with Gasteiger partial charge in [0.15, 0.2) is 5.78 Å². The van der Waals surface area contributed by atoms with E-state index in [0.717, 1.165) is 9.80 Å². The molecule has 0 aliphatic carbocycles. The highest BCUT2D eigenvalue weighted by Crippen LogP contribution is 2.31. The number of imide groups is 2. The number of benzene rings is 2. The zero-order valence-corrected chi connectivity index (χ0v) is 20.9. The summed E-state index contributed by atoms with van der Waals surface area (Å²) < 4.78 is 0. The molecular weight excluding hydrogens is 492 g/mol. The van der Waals surface area contributed by atoms with E-state index in [4.69, 9.17) is 0 Å². The molecule has 0 unspecified atom stereocenters. The molecule has 2 heterocycles. The number of ketones is 1. The van der Waals surface area contributed by atoms with Gasteiger partial charge < -0.3 is 0 Å². The van der Waals surface area contributed by atoms with Crippen LogP contribution < -0.4 is 0 Å². The van der Waals surface area contributed by atoms with Gasteiger partial charge in [-0.1, -0.05) is 39.8 Å². The van der Waals surface area contributed by atoms with Gasteiger partial charge in [0.05, 0.1) is 22.3 Å². The number of isocyanates is 2. The summed E-state index contributed by atoms with van der Waals surface area (Å²) in [5, 5.41) is 0. The molecule has 0 N–H and O–H groups in total. The average molecular weight is 514 g/mol. The first-order valence-electron chi connectivity index (χ1n) is 11.8. The maximum absolute atomic E-state index is 13.3. The Morgan fingerprint density at radius 1 is 0.632 bits per heavy atom. The van der Waals surface area contributed by atoms with E-state index in [1.54, 1.807) is 27.7 Å². The number of hydrogen-bond acceptors (Lipinski definition) is 9. The van der Waals surface area contributed by atoms with Crippen molar-refractivity contribution in [1.29, 1.82) is 0 Å². The number of aliphatic imine (C=N–C) groups is 2. The van der Waals surface area contributed by atoms with Crippen molar-refractivity contribution in [2.45, 2.75) is 40.0 Å². The smallest absolute Gasteiger partial charge is 0.263 e. The molecule has 2 aromatic rings. The van der Waals surface area contributed by atoms with Gasteiger partial charge in [0.25, 0.3) is 23.6 Å². The highest BCUT2D eigenvalue weighted by molar-refractivity contribution is 6.24. The van der Waals surface area contributed by atoms with Crippen LogP contribution in [0, 0.1) is 11.8 Å². The van der Waals surface area contributed by atoms with E-state index in [9.17, 15) is 33.6 Å². The zero-order valence-electron chi connectivity index (χ0n) is 20.9. The number of rotatable bonds is 8. The summed E-state index contributed by atoms with van der Waals surface area (Å²) in [6, 6.07) is 8.01. The van der Waals surface area contributed by atoms with Crippen LogP contribution in [0.4, 0.5) is 0 Å². The highest BCUT2D eigenvalue weighted by atomic mass is 16.2. The van der Waals surface area contributed by atoms with E-state index in [0.29, 0.717) is 0 Å². The van der Waals surface area contributed by atoms with Crippen LogP contribution in [0.3, 0.4) is 0 Å². The van der Waals surface area contributed by atoms with Gasteiger partial charge in [0.2, 0.25) is 12.2 Å². The summed E-state index contributed by atoms with van der Waals surface area (Å²) in [6.07, 6.45) is 0.698. The molecule has 0 radical (unpaired) electrons. The van der Waals surface area contributed by atoms with Crippen molar-refractivity contribution in [3.63, 3.8) is 0 Å². The molecule has 0 bridgehead atoms. The molecule has 0 saturated carbocycles. The minimum absolute atomic E-state index is 0.0160. The first kappa shape index (κ1) is 26.2. The number of carbonyl (C=O) groups excluding carboxylic acids is 7. The normalized spacial score (nSPS) is 15.8. The molecule has 2 aliphatic heterocycles. The van der Waals surface area contributed by atoms with Crippen molar-refractivity contribution in [1.82, 2.24) is 9.80 Å². The molecule has 4 amide bonds. The summed E-state index contributed by atoms with van der Waals surface area (Å²) >= 11 is 0. The third-order valence-corrected chi connectivity index (χ3v) is 6.45. The monoisotopic (exact) mass is 514 g/mol. The number of amides is 4. The van der Waals surface area contributed by atoms with Gasteiger partial charge in [-0.05, 0) is 36.1 Å². The molecule has 0 aromatic heterocycles. The molecule has 0 fully saturated rings. The third-order valence-electron chi connectivity index (χ3n) is 6.45. The SMILES string of the molecule is CC(C)[C@H](N=C=O)N1C(=O)c2ccc(C(=O)c3ccc4c(c3)C(=O)N([C@@H](N=C=O)C(C)C)C4=O)cc2C1=O.